The maximum atomic E-state index is 12.4. The molecule has 2 aromatic heterocycles. The van der Waals surface area contributed by atoms with Crippen molar-refractivity contribution in [2.24, 2.45) is 0 Å². The maximum Gasteiger partial charge on any atom is 0.251 e. The van der Waals surface area contributed by atoms with Crippen LogP contribution in [-0.2, 0) is 13.0 Å². The van der Waals surface area contributed by atoms with Crippen molar-refractivity contribution in [1.82, 2.24) is 24.6 Å². The molecule has 3 aromatic rings. The summed E-state index contributed by atoms with van der Waals surface area (Å²) in [6.07, 6.45) is 9.21. The van der Waals surface area contributed by atoms with Gasteiger partial charge in [-0.3, -0.25) is 4.79 Å². The van der Waals surface area contributed by atoms with E-state index in [1.165, 1.54) is 0 Å². The number of carbonyl (C=O) groups is 1. The molecule has 0 unspecified atom stereocenters. The van der Waals surface area contributed by atoms with Gasteiger partial charge in [-0.05, 0) is 36.8 Å². The minimum atomic E-state index is -0.0365. The Bertz CT molecular complexity index is 804. The Labute approximate surface area is 133 Å². The number of fused-ring (bicyclic) bond motifs is 1. The Morgan fingerprint density at radius 2 is 2.04 bits per heavy atom. The second-order valence-electron chi connectivity index (χ2n) is 5.70. The topological polar surface area (TPSA) is 64.7 Å². The molecule has 0 aliphatic carbocycles. The maximum absolute atomic E-state index is 12.4. The van der Waals surface area contributed by atoms with E-state index in [1.807, 2.05) is 48.9 Å². The molecule has 1 N–H and O–H groups in total. The van der Waals surface area contributed by atoms with Crippen LogP contribution in [0.2, 0.25) is 0 Å². The molecule has 0 saturated heterocycles. The number of aromatic nitrogens is 4. The van der Waals surface area contributed by atoms with Gasteiger partial charge in [-0.2, -0.15) is 5.10 Å². The van der Waals surface area contributed by atoms with Crippen LogP contribution in [0.25, 0.3) is 5.69 Å². The number of carbonyl (C=O) groups excluding carboxylic acids is 1. The van der Waals surface area contributed by atoms with Gasteiger partial charge in [0.05, 0.1) is 5.69 Å². The molecule has 0 fully saturated rings. The molecule has 0 radical (unpaired) electrons. The lowest BCUT2D eigenvalue weighted by Crippen LogP contribution is -2.40. The van der Waals surface area contributed by atoms with Gasteiger partial charge in [-0.15, -0.1) is 0 Å². The lowest BCUT2D eigenvalue weighted by Gasteiger charge is -2.24. The monoisotopic (exact) mass is 307 g/mol. The van der Waals surface area contributed by atoms with Gasteiger partial charge in [0.2, 0.25) is 0 Å². The van der Waals surface area contributed by atoms with E-state index in [0.717, 1.165) is 30.9 Å². The SMILES string of the molecule is O=C(N[C@@H]1CCc2nccn2C1)c1ccc(-n2cccn2)cc1. The van der Waals surface area contributed by atoms with Crippen molar-refractivity contribution in [2.45, 2.75) is 25.4 Å². The second kappa shape index (κ2) is 5.72. The average molecular weight is 307 g/mol. The van der Waals surface area contributed by atoms with E-state index in [2.05, 4.69) is 20.0 Å². The largest absolute Gasteiger partial charge is 0.347 e. The van der Waals surface area contributed by atoms with E-state index >= 15 is 0 Å². The van der Waals surface area contributed by atoms with Crippen molar-refractivity contribution < 1.29 is 4.79 Å². The van der Waals surface area contributed by atoms with Crippen LogP contribution in [0, 0.1) is 0 Å². The van der Waals surface area contributed by atoms with Crippen LogP contribution < -0.4 is 5.32 Å². The molecule has 6 nitrogen and oxygen atoms in total. The molecule has 1 amide bonds. The van der Waals surface area contributed by atoms with Gasteiger partial charge in [0.15, 0.2) is 0 Å². The van der Waals surface area contributed by atoms with Gasteiger partial charge in [-0.1, -0.05) is 0 Å². The zero-order valence-electron chi connectivity index (χ0n) is 12.6. The Morgan fingerprint density at radius 3 is 2.83 bits per heavy atom. The Kier molecular flexibility index (Phi) is 3.42. The zero-order chi connectivity index (χ0) is 15.6. The van der Waals surface area contributed by atoms with Crippen molar-refractivity contribution >= 4 is 5.91 Å². The minimum absolute atomic E-state index is 0.0365. The zero-order valence-corrected chi connectivity index (χ0v) is 12.6. The second-order valence-corrected chi connectivity index (χ2v) is 5.70. The first-order chi connectivity index (χ1) is 11.3. The number of nitrogens with zero attached hydrogens (tertiary/aromatic N) is 4. The highest BCUT2D eigenvalue weighted by Crippen LogP contribution is 2.14. The fourth-order valence-corrected chi connectivity index (χ4v) is 2.94. The Hall–Kier alpha value is -2.89. The summed E-state index contributed by atoms with van der Waals surface area (Å²) in [5.74, 6) is 1.06. The third-order valence-corrected chi connectivity index (χ3v) is 4.17. The highest BCUT2D eigenvalue weighted by atomic mass is 16.1. The molecule has 0 bridgehead atoms. The van der Waals surface area contributed by atoms with E-state index < -0.39 is 0 Å². The number of nitrogens with one attached hydrogen (secondary N) is 1. The average Bonchev–Trinajstić information content (AvgIpc) is 3.26. The molecule has 6 heteroatoms. The fourth-order valence-electron chi connectivity index (χ4n) is 2.94. The molecule has 0 saturated carbocycles. The number of rotatable bonds is 3. The lowest BCUT2D eigenvalue weighted by molar-refractivity contribution is 0.0927. The predicted octanol–water partition coefficient (Wildman–Crippen LogP) is 1.81. The van der Waals surface area contributed by atoms with Crippen LogP contribution in [0.4, 0.5) is 0 Å². The summed E-state index contributed by atoms with van der Waals surface area (Å²) >= 11 is 0. The van der Waals surface area contributed by atoms with E-state index in [0.29, 0.717) is 5.56 Å². The summed E-state index contributed by atoms with van der Waals surface area (Å²) in [5.41, 5.74) is 1.60. The quantitative estimate of drug-likeness (QED) is 0.802. The third kappa shape index (κ3) is 2.75. The Balaban J connectivity index is 1.43. The van der Waals surface area contributed by atoms with Gasteiger partial charge >= 0.3 is 0 Å². The summed E-state index contributed by atoms with van der Waals surface area (Å²) in [7, 11) is 0. The molecule has 4 rings (SSSR count). The van der Waals surface area contributed by atoms with E-state index in [-0.39, 0.29) is 11.9 Å². The summed E-state index contributed by atoms with van der Waals surface area (Å²) in [4.78, 5) is 16.7. The van der Waals surface area contributed by atoms with E-state index in [4.69, 9.17) is 0 Å². The molecule has 116 valence electrons. The van der Waals surface area contributed by atoms with Crippen molar-refractivity contribution in [3.63, 3.8) is 0 Å². The summed E-state index contributed by atoms with van der Waals surface area (Å²) in [6, 6.07) is 9.48. The summed E-state index contributed by atoms with van der Waals surface area (Å²) < 4.78 is 3.87. The standard InChI is InChI=1S/C17H17N5O/c23-17(20-14-4-7-16-18-9-11-21(16)12-14)13-2-5-15(6-3-13)22-10-1-8-19-22/h1-3,5-6,8-11,14H,4,7,12H2,(H,20,23)/t14-/m1/s1. The molecule has 23 heavy (non-hydrogen) atoms. The van der Waals surface area contributed by atoms with E-state index in [9.17, 15) is 4.79 Å². The number of imidazole rings is 1. The van der Waals surface area contributed by atoms with Crippen LogP contribution in [0.1, 0.15) is 22.6 Å². The van der Waals surface area contributed by atoms with Crippen LogP contribution >= 0.6 is 0 Å². The van der Waals surface area contributed by atoms with Crippen molar-refractivity contribution in [2.75, 3.05) is 0 Å². The molecular formula is C17H17N5O. The Morgan fingerprint density at radius 1 is 1.17 bits per heavy atom. The van der Waals surface area contributed by atoms with Crippen LogP contribution in [0.15, 0.2) is 55.1 Å². The number of aryl methyl sites for hydroxylation is 1. The molecule has 1 aromatic carbocycles. The number of amides is 1. The molecule has 3 heterocycles. The molecule has 1 atom stereocenters. The van der Waals surface area contributed by atoms with Crippen LogP contribution in [-0.4, -0.2) is 31.3 Å². The van der Waals surface area contributed by atoms with Crippen molar-refractivity contribution in [1.29, 1.82) is 0 Å². The first-order valence-corrected chi connectivity index (χ1v) is 7.70. The summed E-state index contributed by atoms with van der Waals surface area (Å²) in [6.45, 7) is 0.784. The third-order valence-electron chi connectivity index (χ3n) is 4.17. The molecular weight excluding hydrogens is 290 g/mol. The van der Waals surface area contributed by atoms with Crippen LogP contribution in [0.5, 0.6) is 0 Å². The highest BCUT2D eigenvalue weighted by molar-refractivity contribution is 5.94. The number of hydrogen-bond acceptors (Lipinski definition) is 3. The minimum Gasteiger partial charge on any atom is -0.347 e. The smallest absolute Gasteiger partial charge is 0.251 e. The number of benzene rings is 1. The summed E-state index contributed by atoms with van der Waals surface area (Å²) in [5, 5.41) is 7.29. The van der Waals surface area contributed by atoms with E-state index in [1.54, 1.807) is 10.9 Å². The van der Waals surface area contributed by atoms with Crippen molar-refractivity contribution in [3.05, 3.63) is 66.5 Å². The predicted molar refractivity (Wildman–Crippen MR) is 85.4 cm³/mol. The molecule has 0 spiro atoms. The fraction of sp³-hybridized carbons (Fsp3) is 0.235. The van der Waals surface area contributed by atoms with Gasteiger partial charge in [0.1, 0.15) is 5.82 Å². The van der Waals surface area contributed by atoms with Crippen molar-refractivity contribution in [3.8, 4) is 5.69 Å². The van der Waals surface area contributed by atoms with Gasteiger partial charge < -0.3 is 9.88 Å². The number of hydrogen-bond donors (Lipinski definition) is 1. The molecule has 1 aliphatic heterocycles. The molecule has 1 aliphatic rings. The first kappa shape index (κ1) is 13.8. The van der Waals surface area contributed by atoms with Gasteiger partial charge in [0, 0.05) is 49.4 Å². The van der Waals surface area contributed by atoms with Crippen LogP contribution in [0.3, 0.4) is 0 Å². The van der Waals surface area contributed by atoms with Gasteiger partial charge in [-0.25, -0.2) is 9.67 Å². The normalized spacial score (nSPS) is 16.8. The van der Waals surface area contributed by atoms with Gasteiger partial charge in [0.25, 0.3) is 5.91 Å². The lowest BCUT2D eigenvalue weighted by atomic mass is 10.1. The highest BCUT2D eigenvalue weighted by Gasteiger charge is 2.20. The first-order valence-electron chi connectivity index (χ1n) is 7.70.